The van der Waals surface area contributed by atoms with E-state index in [1.807, 2.05) is 26.0 Å². The van der Waals surface area contributed by atoms with Crippen molar-refractivity contribution in [2.24, 2.45) is 0 Å². The third-order valence-electron chi connectivity index (χ3n) is 2.92. The van der Waals surface area contributed by atoms with Gasteiger partial charge in [-0.05, 0) is 51.8 Å². The van der Waals surface area contributed by atoms with Gasteiger partial charge < -0.3 is 15.4 Å². The van der Waals surface area contributed by atoms with Crippen molar-refractivity contribution >= 4 is 49.2 Å². The van der Waals surface area contributed by atoms with Gasteiger partial charge in [-0.15, -0.1) is 0 Å². The zero-order valence-electron chi connectivity index (χ0n) is 12.0. The van der Waals surface area contributed by atoms with Gasteiger partial charge in [-0.3, -0.25) is 0 Å². The Morgan fingerprint density at radius 3 is 2.52 bits per heavy atom. The lowest BCUT2D eigenvalue weighted by Crippen LogP contribution is -2.05. The number of methoxy groups -OCH3 is 1. The molecule has 0 bridgehead atoms. The fourth-order valence-electron chi connectivity index (χ4n) is 1.83. The minimum Gasteiger partial charge on any atom is -0.495 e. The maximum atomic E-state index is 5.32. The molecule has 7 heteroatoms. The molecule has 0 fully saturated rings. The van der Waals surface area contributed by atoms with Crippen molar-refractivity contribution in [1.82, 2.24) is 9.97 Å². The normalized spacial score (nSPS) is 10.3. The minimum absolute atomic E-state index is 0.749. The molecule has 0 unspecified atom stereocenters. The van der Waals surface area contributed by atoms with Crippen molar-refractivity contribution in [3.05, 3.63) is 33.0 Å². The second kappa shape index (κ2) is 7.09. The van der Waals surface area contributed by atoms with Crippen LogP contribution in [-0.4, -0.2) is 23.6 Å². The van der Waals surface area contributed by atoms with Crippen LogP contribution in [0.2, 0.25) is 0 Å². The Bertz CT molecular complexity index is 649. The van der Waals surface area contributed by atoms with E-state index < -0.39 is 0 Å². The summed E-state index contributed by atoms with van der Waals surface area (Å²) in [5, 5.41) is 6.52. The molecule has 5 nitrogen and oxygen atoms in total. The number of hydrogen-bond donors (Lipinski definition) is 2. The Hall–Kier alpha value is -1.34. The summed E-state index contributed by atoms with van der Waals surface area (Å²) < 4.78 is 7.12. The summed E-state index contributed by atoms with van der Waals surface area (Å²) in [6, 6.07) is 3.84. The topological polar surface area (TPSA) is 59.1 Å². The molecule has 0 atom stereocenters. The monoisotopic (exact) mass is 414 g/mol. The van der Waals surface area contributed by atoms with E-state index in [2.05, 4.69) is 52.5 Å². The van der Waals surface area contributed by atoms with Gasteiger partial charge in [0.1, 0.15) is 23.7 Å². The first-order valence-electron chi connectivity index (χ1n) is 6.42. The zero-order chi connectivity index (χ0) is 15.4. The number of hydrogen-bond acceptors (Lipinski definition) is 5. The molecule has 0 aliphatic heterocycles. The molecule has 2 rings (SSSR count). The first kappa shape index (κ1) is 16.0. The van der Waals surface area contributed by atoms with Gasteiger partial charge in [0.2, 0.25) is 0 Å². The number of nitrogens with one attached hydrogen (secondary N) is 2. The molecule has 1 heterocycles. The van der Waals surface area contributed by atoms with E-state index in [1.54, 1.807) is 7.11 Å². The van der Waals surface area contributed by atoms with Crippen molar-refractivity contribution in [2.75, 3.05) is 24.3 Å². The number of halogens is 2. The minimum atomic E-state index is 0.749. The lowest BCUT2D eigenvalue weighted by molar-refractivity contribution is 0.412. The molecule has 0 spiro atoms. The summed E-state index contributed by atoms with van der Waals surface area (Å²) in [7, 11) is 1.64. The number of benzene rings is 1. The molecule has 0 saturated carbocycles. The highest BCUT2D eigenvalue weighted by Crippen LogP contribution is 2.36. The molecule has 0 amide bonds. The Kier molecular flexibility index (Phi) is 5.41. The highest BCUT2D eigenvalue weighted by Gasteiger charge is 2.11. The van der Waals surface area contributed by atoms with Crippen LogP contribution in [0.15, 0.2) is 27.4 Å². The van der Waals surface area contributed by atoms with E-state index in [4.69, 9.17) is 4.74 Å². The number of aromatic nitrogens is 2. The van der Waals surface area contributed by atoms with Crippen LogP contribution in [0.25, 0.3) is 0 Å². The maximum Gasteiger partial charge on any atom is 0.138 e. The predicted molar refractivity (Wildman–Crippen MR) is 92.6 cm³/mol. The molecule has 21 heavy (non-hydrogen) atoms. The third kappa shape index (κ3) is 3.65. The smallest absolute Gasteiger partial charge is 0.138 e. The molecule has 2 aromatic rings. The third-order valence-corrected chi connectivity index (χ3v) is 4.20. The highest BCUT2D eigenvalue weighted by atomic mass is 79.9. The van der Waals surface area contributed by atoms with E-state index in [-0.39, 0.29) is 0 Å². The molecular weight excluding hydrogens is 400 g/mol. The van der Waals surface area contributed by atoms with Crippen molar-refractivity contribution in [2.45, 2.75) is 13.8 Å². The second-order valence-electron chi connectivity index (χ2n) is 4.32. The lowest BCUT2D eigenvalue weighted by Gasteiger charge is -2.14. The van der Waals surface area contributed by atoms with Crippen LogP contribution in [-0.2, 0) is 0 Å². The number of ether oxygens (including phenoxy) is 1. The zero-order valence-corrected chi connectivity index (χ0v) is 15.2. The quantitative estimate of drug-likeness (QED) is 0.753. The van der Waals surface area contributed by atoms with Gasteiger partial charge >= 0.3 is 0 Å². The van der Waals surface area contributed by atoms with Gasteiger partial charge in [-0.1, -0.05) is 0 Å². The molecule has 112 valence electrons. The Labute approximate surface area is 140 Å². The number of rotatable bonds is 5. The summed E-state index contributed by atoms with van der Waals surface area (Å²) in [5.74, 6) is 2.33. The molecule has 1 aromatic carbocycles. The average molecular weight is 416 g/mol. The van der Waals surface area contributed by atoms with Gasteiger partial charge in [-0.2, -0.15) is 0 Å². The number of anilines is 3. The Morgan fingerprint density at radius 2 is 1.86 bits per heavy atom. The Balaban J connectivity index is 2.36. The van der Waals surface area contributed by atoms with E-state index in [1.165, 1.54) is 6.33 Å². The predicted octanol–water partition coefficient (Wildman–Crippen LogP) is 4.49. The summed E-state index contributed by atoms with van der Waals surface area (Å²) in [6.45, 7) is 4.82. The van der Waals surface area contributed by atoms with Crippen LogP contribution in [0.1, 0.15) is 12.5 Å². The number of nitrogens with zero attached hydrogens (tertiary/aromatic N) is 2. The SMILES string of the molecule is CCNc1ncnc(Nc2cc(OC)c(Br)cc2Br)c1C. The first-order chi connectivity index (χ1) is 10.1. The molecule has 0 aliphatic rings. The first-order valence-corrected chi connectivity index (χ1v) is 8.01. The van der Waals surface area contributed by atoms with Gasteiger partial charge in [0.05, 0.1) is 17.3 Å². The second-order valence-corrected chi connectivity index (χ2v) is 6.03. The standard InChI is InChI=1S/C14H16Br2N4O/c1-4-17-13-8(2)14(19-7-18-13)20-11-6-12(21-3)10(16)5-9(11)15/h5-7H,4H2,1-3H3,(H2,17,18,19,20). The van der Waals surface area contributed by atoms with Crippen LogP contribution in [0.4, 0.5) is 17.3 Å². The summed E-state index contributed by atoms with van der Waals surface area (Å²) in [4.78, 5) is 8.53. The summed E-state index contributed by atoms with van der Waals surface area (Å²) in [5.41, 5.74) is 1.84. The van der Waals surface area contributed by atoms with E-state index >= 15 is 0 Å². The Morgan fingerprint density at radius 1 is 1.14 bits per heavy atom. The van der Waals surface area contributed by atoms with Gasteiger partial charge in [0, 0.05) is 22.6 Å². The van der Waals surface area contributed by atoms with Crippen LogP contribution in [0, 0.1) is 6.92 Å². The van der Waals surface area contributed by atoms with Crippen LogP contribution < -0.4 is 15.4 Å². The van der Waals surface area contributed by atoms with Crippen molar-refractivity contribution in [3.8, 4) is 5.75 Å². The van der Waals surface area contributed by atoms with Crippen LogP contribution in [0.5, 0.6) is 5.75 Å². The van der Waals surface area contributed by atoms with Gasteiger partial charge in [0.15, 0.2) is 0 Å². The molecule has 2 N–H and O–H groups in total. The largest absolute Gasteiger partial charge is 0.495 e. The fraction of sp³-hybridized carbons (Fsp3) is 0.286. The van der Waals surface area contributed by atoms with Crippen LogP contribution in [0.3, 0.4) is 0 Å². The molecular formula is C14H16Br2N4O. The summed E-state index contributed by atoms with van der Waals surface area (Å²) >= 11 is 6.99. The van der Waals surface area contributed by atoms with Crippen LogP contribution >= 0.6 is 31.9 Å². The fourth-order valence-corrected chi connectivity index (χ4v) is 3.09. The molecule has 0 radical (unpaired) electrons. The molecule has 1 aromatic heterocycles. The van der Waals surface area contributed by atoms with E-state index in [0.717, 1.165) is 44.1 Å². The average Bonchev–Trinajstić information content (AvgIpc) is 2.46. The molecule has 0 aliphatic carbocycles. The van der Waals surface area contributed by atoms with Crippen molar-refractivity contribution in [3.63, 3.8) is 0 Å². The van der Waals surface area contributed by atoms with E-state index in [9.17, 15) is 0 Å². The molecule has 0 saturated heterocycles. The van der Waals surface area contributed by atoms with Gasteiger partial charge in [-0.25, -0.2) is 9.97 Å². The van der Waals surface area contributed by atoms with Crippen molar-refractivity contribution < 1.29 is 4.74 Å². The highest BCUT2D eigenvalue weighted by molar-refractivity contribution is 9.11. The summed E-state index contributed by atoms with van der Waals surface area (Å²) in [6.07, 6.45) is 1.54. The lowest BCUT2D eigenvalue weighted by atomic mass is 10.2. The maximum absolute atomic E-state index is 5.32. The van der Waals surface area contributed by atoms with E-state index in [0.29, 0.717) is 0 Å². The van der Waals surface area contributed by atoms with Crippen molar-refractivity contribution in [1.29, 1.82) is 0 Å². The van der Waals surface area contributed by atoms with Gasteiger partial charge in [0.25, 0.3) is 0 Å².